The Kier molecular flexibility index (Phi) is 3.12. The van der Waals surface area contributed by atoms with Gasteiger partial charge in [0.05, 0.1) is 6.42 Å². The molecule has 16 heavy (non-hydrogen) atoms. The van der Waals surface area contributed by atoms with Crippen molar-refractivity contribution in [1.29, 1.82) is 0 Å². The average molecular weight is 301 g/mol. The first-order chi connectivity index (χ1) is 7.56. The number of nitrogens with one attached hydrogen (secondary N) is 1. The van der Waals surface area contributed by atoms with Crippen LogP contribution in [0, 0.1) is 0 Å². The van der Waals surface area contributed by atoms with Crippen molar-refractivity contribution in [3.63, 3.8) is 0 Å². The van der Waals surface area contributed by atoms with Gasteiger partial charge in [0.2, 0.25) is 5.91 Å². The lowest BCUT2D eigenvalue weighted by Crippen LogP contribution is -2.19. The Hall–Kier alpha value is -1.13. The van der Waals surface area contributed by atoms with Gasteiger partial charge in [0.25, 0.3) is 5.91 Å². The van der Waals surface area contributed by atoms with Crippen LogP contribution >= 0.6 is 27.5 Å². The summed E-state index contributed by atoms with van der Waals surface area (Å²) in [5.74, 6) is -0.590. The Balaban J connectivity index is 2.36. The van der Waals surface area contributed by atoms with Gasteiger partial charge in [0, 0.05) is 15.1 Å². The van der Waals surface area contributed by atoms with Crippen LogP contribution < -0.4 is 5.32 Å². The minimum absolute atomic E-state index is 0.133. The highest BCUT2D eigenvalue weighted by Crippen LogP contribution is 2.25. The molecule has 0 unspecified atom stereocenters. The third kappa shape index (κ3) is 2.33. The van der Waals surface area contributed by atoms with Crippen molar-refractivity contribution in [1.82, 2.24) is 5.32 Å². The summed E-state index contributed by atoms with van der Waals surface area (Å²) in [5.41, 5.74) is 1.29. The summed E-state index contributed by atoms with van der Waals surface area (Å²) in [6.07, 6.45) is 1.81. The normalized spacial score (nSPS) is 18.0. The number of carbonyl (C=O) groups is 2. The van der Waals surface area contributed by atoms with Gasteiger partial charge in [0.15, 0.2) is 0 Å². The first kappa shape index (κ1) is 11.4. The van der Waals surface area contributed by atoms with Crippen molar-refractivity contribution in [2.75, 3.05) is 0 Å². The molecule has 2 rings (SSSR count). The first-order valence-corrected chi connectivity index (χ1v) is 5.73. The van der Waals surface area contributed by atoms with Gasteiger partial charge in [-0.3, -0.25) is 14.9 Å². The molecule has 2 amide bonds. The molecule has 82 valence electrons. The maximum Gasteiger partial charge on any atom is 0.254 e. The molecule has 1 heterocycles. The predicted molar refractivity (Wildman–Crippen MR) is 64.9 cm³/mol. The summed E-state index contributed by atoms with van der Waals surface area (Å²) in [6.45, 7) is 0. The number of benzene rings is 1. The van der Waals surface area contributed by atoms with Gasteiger partial charge >= 0.3 is 0 Å². The lowest BCUT2D eigenvalue weighted by molar-refractivity contribution is -0.124. The molecule has 1 saturated heterocycles. The number of amides is 2. The fourth-order valence-corrected chi connectivity index (χ4v) is 2.22. The van der Waals surface area contributed by atoms with Gasteiger partial charge in [-0.2, -0.15) is 0 Å². The lowest BCUT2D eigenvalue weighted by atomic mass is 10.1. The summed E-state index contributed by atoms with van der Waals surface area (Å²) < 4.78 is 0.791. The van der Waals surface area contributed by atoms with E-state index in [1.54, 1.807) is 24.3 Å². The van der Waals surface area contributed by atoms with Gasteiger partial charge in [-0.25, -0.2) is 0 Å². The molecule has 0 aromatic heterocycles. The van der Waals surface area contributed by atoms with Crippen molar-refractivity contribution < 1.29 is 9.59 Å². The highest BCUT2D eigenvalue weighted by molar-refractivity contribution is 9.10. The van der Waals surface area contributed by atoms with E-state index in [1.165, 1.54) is 0 Å². The summed E-state index contributed by atoms with van der Waals surface area (Å²) in [5, 5.41) is 2.84. The van der Waals surface area contributed by atoms with Crippen molar-refractivity contribution in [2.45, 2.75) is 6.42 Å². The van der Waals surface area contributed by atoms with E-state index in [9.17, 15) is 9.59 Å². The molecule has 0 radical (unpaired) electrons. The van der Waals surface area contributed by atoms with Crippen LogP contribution in [0.1, 0.15) is 12.0 Å². The van der Waals surface area contributed by atoms with Gasteiger partial charge in [-0.15, -0.1) is 0 Å². The third-order valence-electron chi connectivity index (χ3n) is 2.19. The molecule has 0 spiro atoms. The monoisotopic (exact) mass is 299 g/mol. The number of rotatable bonds is 1. The average Bonchev–Trinajstić information content (AvgIpc) is 2.50. The van der Waals surface area contributed by atoms with Crippen LogP contribution in [0.15, 0.2) is 28.2 Å². The molecule has 5 heteroatoms. The van der Waals surface area contributed by atoms with Crippen LogP contribution in [-0.4, -0.2) is 11.8 Å². The van der Waals surface area contributed by atoms with E-state index >= 15 is 0 Å². The molecule has 0 atom stereocenters. The number of hydrogen-bond donors (Lipinski definition) is 1. The summed E-state index contributed by atoms with van der Waals surface area (Å²) in [6, 6.07) is 5.26. The third-order valence-corrected chi connectivity index (χ3v) is 3.11. The van der Waals surface area contributed by atoms with E-state index in [2.05, 4.69) is 21.2 Å². The zero-order valence-electron chi connectivity index (χ0n) is 8.09. The molecule has 1 aromatic rings. The van der Waals surface area contributed by atoms with Crippen molar-refractivity contribution >= 4 is 45.4 Å². The smallest absolute Gasteiger partial charge is 0.254 e. The number of hydrogen-bond acceptors (Lipinski definition) is 2. The largest absolute Gasteiger partial charge is 0.292 e. The molecule has 0 saturated carbocycles. The fourth-order valence-electron chi connectivity index (χ4n) is 1.43. The van der Waals surface area contributed by atoms with Crippen molar-refractivity contribution in [3.8, 4) is 0 Å². The second-order valence-electron chi connectivity index (χ2n) is 3.39. The first-order valence-electron chi connectivity index (χ1n) is 4.56. The minimum Gasteiger partial charge on any atom is -0.292 e. The predicted octanol–water partition coefficient (Wildman–Crippen LogP) is 2.53. The SMILES string of the molecule is O=C1C/C(=C/c2ccc(Cl)cc2Br)C(=O)N1. The summed E-state index contributed by atoms with van der Waals surface area (Å²) in [4.78, 5) is 22.3. The molecule has 1 N–H and O–H groups in total. The Bertz CT molecular complexity index is 511. The Morgan fingerprint density at radius 1 is 1.38 bits per heavy atom. The zero-order chi connectivity index (χ0) is 11.7. The van der Waals surface area contributed by atoms with E-state index in [-0.39, 0.29) is 18.2 Å². The minimum atomic E-state index is -0.327. The molecule has 3 nitrogen and oxygen atoms in total. The van der Waals surface area contributed by atoms with E-state index in [1.807, 2.05) is 0 Å². The van der Waals surface area contributed by atoms with E-state index in [0.717, 1.165) is 10.0 Å². The highest BCUT2D eigenvalue weighted by atomic mass is 79.9. The van der Waals surface area contributed by atoms with Crippen molar-refractivity contribution in [3.05, 3.63) is 38.8 Å². The second-order valence-corrected chi connectivity index (χ2v) is 4.68. The van der Waals surface area contributed by atoms with Crippen molar-refractivity contribution in [2.24, 2.45) is 0 Å². The van der Waals surface area contributed by atoms with Gasteiger partial charge in [-0.05, 0) is 23.8 Å². The second kappa shape index (κ2) is 4.39. The summed E-state index contributed by atoms with van der Waals surface area (Å²) >= 11 is 9.15. The van der Waals surface area contributed by atoms with Crippen LogP contribution in [0.25, 0.3) is 6.08 Å². The molecular weight excluding hydrogens is 293 g/mol. The van der Waals surface area contributed by atoms with Crippen LogP contribution in [0.2, 0.25) is 5.02 Å². The molecule has 1 aliphatic heterocycles. The Morgan fingerprint density at radius 2 is 2.12 bits per heavy atom. The maximum absolute atomic E-state index is 11.3. The van der Waals surface area contributed by atoms with E-state index in [4.69, 9.17) is 11.6 Å². The molecule has 1 fully saturated rings. The molecule has 1 aliphatic rings. The molecule has 1 aromatic carbocycles. The Morgan fingerprint density at radius 3 is 2.69 bits per heavy atom. The van der Waals surface area contributed by atoms with Crippen LogP contribution in [0.3, 0.4) is 0 Å². The highest BCUT2D eigenvalue weighted by Gasteiger charge is 2.23. The maximum atomic E-state index is 11.3. The standard InChI is InChI=1S/C11H7BrClNO2/c12-9-5-8(13)2-1-6(9)3-7-4-10(15)14-11(7)16/h1-3,5H,4H2,(H,14,15,16)/b7-3-. The van der Waals surface area contributed by atoms with Crippen LogP contribution in [0.4, 0.5) is 0 Å². The van der Waals surface area contributed by atoms with Gasteiger partial charge < -0.3 is 0 Å². The topological polar surface area (TPSA) is 46.2 Å². The number of carbonyl (C=O) groups excluding carboxylic acids is 2. The lowest BCUT2D eigenvalue weighted by Gasteiger charge is -2.00. The quantitative estimate of drug-likeness (QED) is 0.640. The molecule has 0 bridgehead atoms. The zero-order valence-corrected chi connectivity index (χ0v) is 10.4. The van der Waals surface area contributed by atoms with Crippen LogP contribution in [0.5, 0.6) is 0 Å². The molecular formula is C11H7BrClNO2. The number of imide groups is 1. The van der Waals surface area contributed by atoms with Gasteiger partial charge in [-0.1, -0.05) is 33.6 Å². The fraction of sp³-hybridized carbons (Fsp3) is 0.0909. The number of halogens is 2. The van der Waals surface area contributed by atoms with E-state index < -0.39 is 0 Å². The molecule has 0 aliphatic carbocycles. The van der Waals surface area contributed by atoms with E-state index in [0.29, 0.717) is 10.6 Å². The van der Waals surface area contributed by atoms with Gasteiger partial charge in [0.1, 0.15) is 0 Å². The summed E-state index contributed by atoms with van der Waals surface area (Å²) in [7, 11) is 0. The van der Waals surface area contributed by atoms with Crippen LogP contribution in [-0.2, 0) is 9.59 Å². The Labute approximate surface area is 106 Å².